The third-order valence-electron chi connectivity index (χ3n) is 7.15. The Morgan fingerprint density at radius 3 is 2.05 bits per heavy atom. The first-order chi connectivity index (χ1) is 19.5. The highest BCUT2D eigenvalue weighted by molar-refractivity contribution is 7.48. The van der Waals surface area contributed by atoms with Crippen LogP contribution < -0.4 is 4.74 Å². The molecule has 0 spiro atoms. The molecule has 5 rings (SSSR count). The number of carbonyl (C=O) groups excluding carboxylic acids is 1. The Morgan fingerprint density at radius 2 is 1.54 bits per heavy atom. The Kier molecular flexibility index (Phi) is 8.30. The van der Waals surface area contributed by atoms with Gasteiger partial charge in [-0.3, -0.25) is 18.4 Å². The van der Waals surface area contributed by atoms with Crippen molar-refractivity contribution >= 4 is 13.7 Å². The van der Waals surface area contributed by atoms with Crippen LogP contribution in [0.1, 0.15) is 55.0 Å². The van der Waals surface area contributed by atoms with E-state index >= 15 is 0 Å². The van der Waals surface area contributed by atoms with Gasteiger partial charge in [-0.15, -0.1) is 0 Å². The lowest BCUT2D eigenvalue weighted by Crippen LogP contribution is -2.54. The number of rotatable bonds is 9. The van der Waals surface area contributed by atoms with Crippen molar-refractivity contribution in [1.29, 1.82) is 0 Å². The lowest BCUT2D eigenvalue weighted by atomic mass is 9.85. The summed E-state index contributed by atoms with van der Waals surface area (Å²) in [5.41, 5.74) is -0.575. The number of phosphoric ester groups is 1. The van der Waals surface area contributed by atoms with E-state index in [4.69, 9.17) is 18.3 Å². The van der Waals surface area contributed by atoms with E-state index in [0.717, 1.165) is 12.1 Å². The van der Waals surface area contributed by atoms with Crippen LogP contribution in [0.2, 0.25) is 0 Å². The Labute approximate surface area is 236 Å². The molecule has 0 N–H and O–H groups in total. The van der Waals surface area contributed by atoms with Gasteiger partial charge in [0.2, 0.25) is 5.91 Å². The zero-order valence-corrected chi connectivity index (χ0v) is 23.6. The summed E-state index contributed by atoms with van der Waals surface area (Å²) in [6.07, 6.45) is -5.04. The fourth-order valence-electron chi connectivity index (χ4n) is 5.11. The van der Waals surface area contributed by atoms with Gasteiger partial charge in [0.15, 0.2) is 0 Å². The Hall–Kier alpha value is -3.17. The van der Waals surface area contributed by atoms with Crippen LogP contribution >= 0.6 is 7.82 Å². The van der Waals surface area contributed by atoms with Crippen molar-refractivity contribution in [3.05, 3.63) is 101 Å². The maximum Gasteiger partial charge on any atom is 0.475 e. The molecule has 1 fully saturated rings. The van der Waals surface area contributed by atoms with E-state index < -0.39 is 37.3 Å². The first kappa shape index (κ1) is 29.3. The van der Waals surface area contributed by atoms with Crippen molar-refractivity contribution in [3.63, 3.8) is 0 Å². The quantitative estimate of drug-likeness (QED) is 0.241. The topological polar surface area (TPSA) is 74.3 Å². The molecule has 2 heterocycles. The molecule has 1 amide bonds. The van der Waals surface area contributed by atoms with Crippen molar-refractivity contribution in [2.45, 2.75) is 63.8 Å². The summed E-state index contributed by atoms with van der Waals surface area (Å²) < 4.78 is 79.5. The molecule has 2 aliphatic heterocycles. The first-order valence-electron chi connectivity index (χ1n) is 13.3. The number of ether oxygens (including phenoxy) is 1. The van der Waals surface area contributed by atoms with E-state index in [-0.39, 0.29) is 36.9 Å². The Morgan fingerprint density at radius 1 is 0.951 bits per heavy atom. The molecule has 3 aromatic carbocycles. The van der Waals surface area contributed by atoms with Crippen LogP contribution in [0, 0.1) is 0 Å². The van der Waals surface area contributed by atoms with Crippen molar-refractivity contribution in [2.24, 2.45) is 0 Å². The average Bonchev–Trinajstić information content (AvgIpc) is 3.37. The molecule has 11 heteroatoms. The molecule has 2 atom stereocenters. The molecule has 218 valence electrons. The van der Waals surface area contributed by atoms with Gasteiger partial charge in [0.25, 0.3) is 0 Å². The number of nitrogens with zero attached hydrogens (tertiary/aromatic N) is 1. The van der Waals surface area contributed by atoms with Gasteiger partial charge in [-0.05, 0) is 49.6 Å². The van der Waals surface area contributed by atoms with Crippen molar-refractivity contribution in [1.82, 2.24) is 4.90 Å². The number of hydrogen-bond donors (Lipinski definition) is 0. The number of alkyl halides is 3. The molecule has 0 unspecified atom stereocenters. The SMILES string of the molecule is CC1(C)Oc2ccc(C(F)(F)F)cc2[C@@H](N2CCCC2=O)[C@@H]1OP(=O)(OCc1ccccc1)OCc1ccccc1. The molecule has 0 radical (unpaired) electrons. The minimum absolute atomic E-state index is 0.108. The maximum absolute atomic E-state index is 14.3. The van der Waals surface area contributed by atoms with Crippen LogP contribution in [0.15, 0.2) is 78.9 Å². The van der Waals surface area contributed by atoms with E-state index in [2.05, 4.69) is 0 Å². The number of fused-ring (bicyclic) bond motifs is 1. The van der Waals surface area contributed by atoms with Gasteiger partial charge < -0.3 is 9.64 Å². The van der Waals surface area contributed by atoms with Crippen LogP contribution in [-0.2, 0) is 42.3 Å². The van der Waals surface area contributed by atoms with Gasteiger partial charge in [-0.25, -0.2) is 4.57 Å². The van der Waals surface area contributed by atoms with Crippen LogP contribution in [0.25, 0.3) is 0 Å². The van der Waals surface area contributed by atoms with Crippen molar-refractivity contribution < 1.29 is 40.8 Å². The lowest BCUT2D eigenvalue weighted by molar-refractivity contribution is -0.140. The second kappa shape index (κ2) is 11.6. The Balaban J connectivity index is 1.53. The summed E-state index contributed by atoms with van der Waals surface area (Å²) in [4.78, 5) is 14.5. The van der Waals surface area contributed by atoms with Gasteiger partial charge in [0.05, 0.1) is 24.8 Å². The molecular formula is C30H31F3NO6P. The molecule has 7 nitrogen and oxygen atoms in total. The lowest BCUT2D eigenvalue weighted by Gasteiger charge is -2.47. The van der Waals surface area contributed by atoms with E-state index in [1.807, 2.05) is 12.1 Å². The predicted octanol–water partition coefficient (Wildman–Crippen LogP) is 7.47. The fraction of sp³-hybridized carbons (Fsp3) is 0.367. The highest BCUT2D eigenvalue weighted by Crippen LogP contribution is 2.57. The molecule has 0 aliphatic carbocycles. The van der Waals surface area contributed by atoms with Crippen LogP contribution in [0.5, 0.6) is 5.75 Å². The summed E-state index contributed by atoms with van der Waals surface area (Å²) in [5.74, 6) is -0.0484. The van der Waals surface area contributed by atoms with E-state index in [9.17, 15) is 22.5 Å². The zero-order valence-electron chi connectivity index (χ0n) is 22.7. The van der Waals surface area contributed by atoms with Crippen LogP contribution in [-0.4, -0.2) is 29.1 Å². The van der Waals surface area contributed by atoms with E-state index in [0.29, 0.717) is 24.1 Å². The number of likely N-dealkylation sites (tertiary alicyclic amines) is 1. The summed E-state index contributed by atoms with van der Waals surface area (Å²) in [6, 6.07) is 20.2. The second-order valence-corrected chi connectivity index (χ2v) is 12.2. The molecule has 1 saturated heterocycles. The number of halogens is 3. The summed E-state index contributed by atoms with van der Waals surface area (Å²) >= 11 is 0. The molecular weight excluding hydrogens is 558 g/mol. The van der Waals surface area contributed by atoms with Crippen LogP contribution in [0.3, 0.4) is 0 Å². The third kappa shape index (κ3) is 6.67. The molecule has 41 heavy (non-hydrogen) atoms. The number of phosphoric acid groups is 1. The number of benzene rings is 3. The average molecular weight is 590 g/mol. The van der Waals surface area contributed by atoms with E-state index in [1.54, 1.807) is 62.4 Å². The standard InChI is InChI=1S/C30H31F3NO6P/c1-29(2)28(27(34-17-9-14-26(34)35)24-18-23(30(31,32)33)15-16-25(24)39-29)40-41(36,37-19-21-10-5-3-6-11-21)38-20-22-12-7-4-8-13-22/h3-8,10-13,15-16,18,27-28H,9,14,17,19-20H2,1-2H3/t27-,28+/m1/s1. The molecule has 2 aliphatic rings. The summed E-state index contributed by atoms with van der Waals surface area (Å²) in [5, 5.41) is 0. The van der Waals surface area contributed by atoms with E-state index in [1.165, 1.54) is 11.0 Å². The molecule has 0 bridgehead atoms. The first-order valence-corrected chi connectivity index (χ1v) is 14.8. The summed E-state index contributed by atoms with van der Waals surface area (Å²) in [6.45, 7) is 3.43. The highest BCUT2D eigenvalue weighted by atomic mass is 31.2. The van der Waals surface area contributed by atoms with Gasteiger partial charge in [-0.2, -0.15) is 13.2 Å². The maximum atomic E-state index is 14.3. The molecule has 0 aromatic heterocycles. The van der Waals surface area contributed by atoms with Gasteiger partial charge >= 0.3 is 14.0 Å². The normalized spacial score (nSPS) is 20.5. The monoisotopic (exact) mass is 589 g/mol. The third-order valence-corrected chi connectivity index (χ3v) is 8.53. The minimum atomic E-state index is -4.62. The minimum Gasteiger partial charge on any atom is -0.485 e. The fourth-order valence-corrected chi connectivity index (χ4v) is 6.56. The largest absolute Gasteiger partial charge is 0.485 e. The zero-order chi connectivity index (χ0) is 29.3. The smallest absolute Gasteiger partial charge is 0.475 e. The second-order valence-electron chi connectivity index (χ2n) is 10.6. The van der Waals surface area contributed by atoms with Gasteiger partial charge in [-0.1, -0.05) is 60.7 Å². The Bertz CT molecular complexity index is 1370. The van der Waals surface area contributed by atoms with Gasteiger partial charge in [0.1, 0.15) is 17.5 Å². The summed E-state index contributed by atoms with van der Waals surface area (Å²) in [7, 11) is -4.39. The number of carbonyl (C=O) groups is 1. The number of hydrogen-bond acceptors (Lipinski definition) is 6. The van der Waals surface area contributed by atoms with Crippen LogP contribution in [0.4, 0.5) is 13.2 Å². The molecule has 3 aromatic rings. The predicted molar refractivity (Wildman–Crippen MR) is 145 cm³/mol. The highest BCUT2D eigenvalue weighted by Gasteiger charge is 2.53. The van der Waals surface area contributed by atoms with Gasteiger partial charge in [0, 0.05) is 18.5 Å². The molecule has 0 saturated carbocycles. The number of amides is 1. The van der Waals surface area contributed by atoms with Crippen molar-refractivity contribution in [2.75, 3.05) is 6.54 Å². The van der Waals surface area contributed by atoms with Crippen molar-refractivity contribution in [3.8, 4) is 5.75 Å².